The van der Waals surface area contributed by atoms with Gasteiger partial charge < -0.3 is 9.84 Å². The molecule has 0 saturated carbocycles. The largest absolute Gasteiger partial charge is 0.471 e. The van der Waals surface area contributed by atoms with Crippen molar-refractivity contribution in [3.05, 3.63) is 28.2 Å². The Morgan fingerprint density at radius 2 is 1.89 bits per heavy atom. The number of hydrogen-bond acceptors (Lipinski definition) is 3. The first-order valence-electron chi connectivity index (χ1n) is 5.76. The third kappa shape index (κ3) is 5.02. The molecule has 1 rings (SSSR count). The first-order chi connectivity index (χ1) is 8.19. The van der Waals surface area contributed by atoms with Gasteiger partial charge in [0.1, 0.15) is 11.9 Å². The molecule has 1 aromatic rings. The van der Waals surface area contributed by atoms with Gasteiger partial charge in [-0.3, -0.25) is 5.32 Å². The molecular formula is C13H19Cl2NO2. The molecule has 18 heavy (non-hydrogen) atoms. The summed E-state index contributed by atoms with van der Waals surface area (Å²) >= 11 is 11.9. The highest BCUT2D eigenvalue weighted by Gasteiger charge is 2.23. The molecule has 0 aliphatic heterocycles. The van der Waals surface area contributed by atoms with Gasteiger partial charge in [-0.25, -0.2) is 0 Å². The molecule has 0 aliphatic rings. The molecule has 102 valence electrons. The van der Waals surface area contributed by atoms with Crippen LogP contribution in [0.5, 0.6) is 5.75 Å². The number of aliphatic hydroxyl groups excluding tert-OH is 1. The maximum absolute atomic E-state index is 9.73. The molecule has 2 atom stereocenters. The Balaban J connectivity index is 2.86. The Morgan fingerprint density at radius 1 is 1.28 bits per heavy atom. The minimum absolute atomic E-state index is 0.188. The molecule has 0 saturated heterocycles. The normalized spacial score (nSPS) is 15.3. The van der Waals surface area contributed by atoms with Gasteiger partial charge in [-0.05, 0) is 39.8 Å². The average Bonchev–Trinajstić information content (AvgIpc) is 2.20. The van der Waals surface area contributed by atoms with Crippen LogP contribution in [-0.2, 0) is 0 Å². The predicted molar refractivity (Wildman–Crippen MR) is 75.4 cm³/mol. The van der Waals surface area contributed by atoms with Crippen LogP contribution in [0.25, 0.3) is 0 Å². The van der Waals surface area contributed by atoms with E-state index in [2.05, 4.69) is 5.32 Å². The Labute approximate surface area is 118 Å². The maximum atomic E-state index is 9.73. The highest BCUT2D eigenvalue weighted by molar-refractivity contribution is 6.34. The molecule has 2 N–H and O–H groups in total. The zero-order valence-electron chi connectivity index (χ0n) is 11.0. The van der Waals surface area contributed by atoms with Crippen LogP contribution in [0.15, 0.2) is 18.2 Å². The van der Waals surface area contributed by atoms with Crippen molar-refractivity contribution in [3.63, 3.8) is 0 Å². The van der Waals surface area contributed by atoms with Gasteiger partial charge in [0.15, 0.2) is 6.23 Å². The Bertz CT molecular complexity index is 402. The molecule has 0 spiro atoms. The molecule has 2 unspecified atom stereocenters. The van der Waals surface area contributed by atoms with Crippen molar-refractivity contribution in [2.75, 3.05) is 0 Å². The SMILES string of the molecule is CC(O)C(NC(C)(C)C)Oc1cc(Cl)ccc1Cl. The lowest BCUT2D eigenvalue weighted by molar-refractivity contribution is 0.0113. The second-order valence-electron chi connectivity index (χ2n) is 5.25. The van der Waals surface area contributed by atoms with Gasteiger partial charge in [0, 0.05) is 16.6 Å². The lowest BCUT2D eigenvalue weighted by Gasteiger charge is -2.31. The van der Waals surface area contributed by atoms with Crippen molar-refractivity contribution < 1.29 is 9.84 Å². The number of aliphatic hydroxyl groups is 1. The van der Waals surface area contributed by atoms with Crippen LogP contribution in [0.2, 0.25) is 10.0 Å². The van der Waals surface area contributed by atoms with E-state index in [-0.39, 0.29) is 5.54 Å². The first-order valence-corrected chi connectivity index (χ1v) is 6.52. The van der Waals surface area contributed by atoms with Gasteiger partial charge in [-0.1, -0.05) is 23.2 Å². The number of ether oxygens (including phenoxy) is 1. The van der Waals surface area contributed by atoms with Crippen molar-refractivity contribution in [1.82, 2.24) is 5.32 Å². The van der Waals surface area contributed by atoms with Gasteiger partial charge in [0.2, 0.25) is 0 Å². The molecule has 3 nitrogen and oxygen atoms in total. The van der Waals surface area contributed by atoms with Crippen molar-refractivity contribution in [3.8, 4) is 5.75 Å². The Hall–Kier alpha value is -0.480. The fourth-order valence-electron chi connectivity index (χ4n) is 1.38. The lowest BCUT2D eigenvalue weighted by Crippen LogP contribution is -2.51. The van der Waals surface area contributed by atoms with E-state index in [9.17, 15) is 5.11 Å². The molecule has 0 fully saturated rings. The number of halogens is 2. The molecule has 0 heterocycles. The van der Waals surface area contributed by atoms with Crippen LogP contribution in [0.1, 0.15) is 27.7 Å². The van der Waals surface area contributed by atoms with E-state index >= 15 is 0 Å². The Morgan fingerprint density at radius 3 is 2.39 bits per heavy atom. The lowest BCUT2D eigenvalue weighted by atomic mass is 10.1. The highest BCUT2D eigenvalue weighted by Crippen LogP contribution is 2.28. The summed E-state index contributed by atoms with van der Waals surface area (Å²) in [6, 6.07) is 4.98. The summed E-state index contributed by atoms with van der Waals surface area (Å²) in [5.41, 5.74) is -0.188. The molecule has 0 amide bonds. The van der Waals surface area contributed by atoms with E-state index in [1.807, 2.05) is 20.8 Å². The van der Waals surface area contributed by atoms with Crippen molar-refractivity contribution in [2.24, 2.45) is 0 Å². The summed E-state index contributed by atoms with van der Waals surface area (Å²) in [7, 11) is 0. The molecule has 0 aliphatic carbocycles. The fraction of sp³-hybridized carbons (Fsp3) is 0.538. The fourth-order valence-corrected chi connectivity index (χ4v) is 1.70. The topological polar surface area (TPSA) is 41.5 Å². The van der Waals surface area contributed by atoms with Crippen LogP contribution < -0.4 is 10.1 Å². The van der Waals surface area contributed by atoms with Crippen molar-refractivity contribution in [1.29, 1.82) is 0 Å². The molecule has 1 aromatic carbocycles. The van der Waals surface area contributed by atoms with Crippen LogP contribution in [0.3, 0.4) is 0 Å². The quantitative estimate of drug-likeness (QED) is 0.835. The summed E-state index contributed by atoms with van der Waals surface area (Å²) in [4.78, 5) is 0. The zero-order chi connectivity index (χ0) is 13.9. The summed E-state index contributed by atoms with van der Waals surface area (Å²) in [5, 5.41) is 13.9. The van der Waals surface area contributed by atoms with Gasteiger partial charge in [0.25, 0.3) is 0 Å². The second-order valence-corrected chi connectivity index (χ2v) is 6.09. The summed E-state index contributed by atoms with van der Waals surface area (Å²) < 4.78 is 5.69. The van der Waals surface area contributed by atoms with Crippen LogP contribution in [0.4, 0.5) is 0 Å². The predicted octanol–water partition coefficient (Wildman–Crippen LogP) is 3.47. The van der Waals surface area contributed by atoms with Crippen LogP contribution in [-0.4, -0.2) is 23.0 Å². The minimum atomic E-state index is -0.681. The smallest absolute Gasteiger partial charge is 0.176 e. The summed E-state index contributed by atoms with van der Waals surface area (Å²) in [5.74, 6) is 0.451. The van der Waals surface area contributed by atoms with Crippen LogP contribution in [0, 0.1) is 0 Å². The van der Waals surface area contributed by atoms with Gasteiger partial charge in [-0.2, -0.15) is 0 Å². The van der Waals surface area contributed by atoms with Crippen molar-refractivity contribution in [2.45, 2.75) is 45.6 Å². The van der Waals surface area contributed by atoms with Crippen LogP contribution >= 0.6 is 23.2 Å². The molecule has 0 bridgehead atoms. The zero-order valence-corrected chi connectivity index (χ0v) is 12.5. The molecular weight excluding hydrogens is 273 g/mol. The van der Waals surface area contributed by atoms with Gasteiger partial charge in [0.05, 0.1) is 5.02 Å². The van der Waals surface area contributed by atoms with Gasteiger partial charge in [-0.15, -0.1) is 0 Å². The minimum Gasteiger partial charge on any atom is -0.471 e. The molecule has 0 aromatic heterocycles. The summed E-state index contributed by atoms with van der Waals surface area (Å²) in [6.07, 6.45) is -1.24. The number of nitrogens with one attached hydrogen (secondary N) is 1. The first kappa shape index (κ1) is 15.6. The van der Waals surface area contributed by atoms with E-state index in [1.165, 1.54) is 0 Å². The van der Waals surface area contributed by atoms with E-state index in [1.54, 1.807) is 25.1 Å². The standard InChI is InChI=1S/C13H19Cl2NO2/c1-8(17)12(16-13(2,3)4)18-11-7-9(14)5-6-10(11)15/h5-8,12,16-17H,1-4H3. The number of benzene rings is 1. The Kier molecular flexibility index (Phi) is 5.29. The third-order valence-electron chi connectivity index (χ3n) is 2.16. The molecule has 5 heteroatoms. The molecule has 0 radical (unpaired) electrons. The van der Waals surface area contributed by atoms with Crippen molar-refractivity contribution >= 4 is 23.2 Å². The average molecular weight is 292 g/mol. The second kappa shape index (κ2) is 6.11. The monoisotopic (exact) mass is 291 g/mol. The number of rotatable bonds is 4. The van der Waals surface area contributed by atoms with E-state index < -0.39 is 12.3 Å². The third-order valence-corrected chi connectivity index (χ3v) is 2.71. The van der Waals surface area contributed by atoms with E-state index in [0.29, 0.717) is 15.8 Å². The highest BCUT2D eigenvalue weighted by atomic mass is 35.5. The summed E-state index contributed by atoms with van der Waals surface area (Å²) in [6.45, 7) is 7.63. The number of hydrogen-bond donors (Lipinski definition) is 2. The maximum Gasteiger partial charge on any atom is 0.176 e. The van der Waals surface area contributed by atoms with E-state index in [4.69, 9.17) is 27.9 Å². The van der Waals surface area contributed by atoms with E-state index in [0.717, 1.165) is 0 Å². The van der Waals surface area contributed by atoms with Gasteiger partial charge >= 0.3 is 0 Å².